The molecule has 3 N–H and O–H groups in total. The molecule has 0 atom stereocenters. The molecule has 0 aliphatic rings. The first kappa shape index (κ1) is 18.1. The number of halogens is 1. The van der Waals surface area contributed by atoms with Crippen molar-refractivity contribution in [1.29, 1.82) is 5.41 Å². The molecule has 118 valence electrons. The van der Waals surface area contributed by atoms with Crippen LogP contribution in [0.4, 0.5) is 5.69 Å². The van der Waals surface area contributed by atoms with E-state index in [4.69, 9.17) is 11.1 Å². The molecule has 0 spiro atoms. The Morgan fingerprint density at radius 1 is 1.23 bits per heavy atom. The van der Waals surface area contributed by atoms with Crippen molar-refractivity contribution < 1.29 is 13.2 Å². The van der Waals surface area contributed by atoms with Crippen molar-refractivity contribution in [1.82, 2.24) is 0 Å². The second kappa shape index (κ2) is 6.91. The number of anilines is 1. The fourth-order valence-corrected chi connectivity index (χ4v) is 3.92. The zero-order valence-corrected chi connectivity index (χ0v) is 14.0. The van der Waals surface area contributed by atoms with E-state index in [-0.39, 0.29) is 23.0 Å². The van der Waals surface area contributed by atoms with Crippen LogP contribution in [0.15, 0.2) is 46.0 Å². The smallest absolute Gasteiger partial charge is 0.265 e. The van der Waals surface area contributed by atoms with Crippen molar-refractivity contribution in [2.45, 2.75) is 4.90 Å². The van der Waals surface area contributed by atoms with Crippen molar-refractivity contribution in [2.24, 2.45) is 5.73 Å². The van der Waals surface area contributed by atoms with Gasteiger partial charge in [0.05, 0.1) is 5.69 Å². The number of nitrogens with zero attached hydrogens (tertiary/aromatic N) is 1. The standard InChI is InChI=1S/C13H13N3O3S2.ClH/c1-21(18,19)11-8-20-7-10(11)16(13(14)15)12(17)9-5-3-2-4-6-9;/h2-8H,1H3,(H3,14,15);1H. The number of rotatable bonds is 3. The molecule has 0 aliphatic heterocycles. The Morgan fingerprint density at radius 3 is 2.32 bits per heavy atom. The van der Waals surface area contributed by atoms with Gasteiger partial charge in [0.25, 0.3) is 5.91 Å². The molecule has 0 fully saturated rings. The van der Waals surface area contributed by atoms with E-state index in [1.165, 1.54) is 10.8 Å². The van der Waals surface area contributed by atoms with Crippen molar-refractivity contribution in [3.05, 3.63) is 46.7 Å². The zero-order chi connectivity index (χ0) is 15.6. The lowest BCUT2D eigenvalue weighted by molar-refractivity contribution is 0.100. The number of carbonyl (C=O) groups is 1. The number of sulfone groups is 1. The van der Waals surface area contributed by atoms with E-state index in [1.54, 1.807) is 30.3 Å². The molecular formula is C13H14ClN3O3S2. The Kier molecular flexibility index (Phi) is 5.70. The van der Waals surface area contributed by atoms with E-state index in [1.807, 2.05) is 0 Å². The molecule has 0 saturated carbocycles. The van der Waals surface area contributed by atoms with E-state index in [9.17, 15) is 13.2 Å². The Morgan fingerprint density at radius 2 is 1.82 bits per heavy atom. The normalized spacial score (nSPS) is 10.6. The third-order valence-electron chi connectivity index (χ3n) is 2.71. The van der Waals surface area contributed by atoms with Gasteiger partial charge in [0.15, 0.2) is 15.8 Å². The van der Waals surface area contributed by atoms with Crippen LogP contribution >= 0.6 is 23.7 Å². The van der Waals surface area contributed by atoms with Crippen LogP contribution in [0, 0.1) is 5.41 Å². The van der Waals surface area contributed by atoms with E-state index >= 15 is 0 Å². The third-order valence-corrected chi connectivity index (χ3v) is 4.72. The predicted octanol–water partition coefficient (Wildman–Crippen LogP) is 2.11. The summed E-state index contributed by atoms with van der Waals surface area (Å²) in [5.74, 6) is -1.08. The van der Waals surface area contributed by atoms with Crippen molar-refractivity contribution >= 4 is 51.1 Å². The third kappa shape index (κ3) is 3.65. The molecule has 0 aliphatic carbocycles. The van der Waals surface area contributed by atoms with Gasteiger partial charge < -0.3 is 5.73 Å². The molecule has 1 amide bonds. The topological polar surface area (TPSA) is 104 Å². The van der Waals surface area contributed by atoms with E-state index in [0.29, 0.717) is 5.56 Å². The highest BCUT2D eigenvalue weighted by molar-refractivity contribution is 7.91. The molecule has 0 radical (unpaired) electrons. The van der Waals surface area contributed by atoms with Crippen molar-refractivity contribution in [3.63, 3.8) is 0 Å². The molecule has 6 nitrogen and oxygen atoms in total. The molecule has 2 aromatic rings. The van der Waals surface area contributed by atoms with Crippen LogP contribution in [0.1, 0.15) is 10.4 Å². The summed E-state index contributed by atoms with van der Waals surface area (Å²) in [5.41, 5.74) is 5.90. The van der Waals surface area contributed by atoms with Gasteiger partial charge in [0.1, 0.15) is 4.90 Å². The minimum Gasteiger partial charge on any atom is -0.369 e. The SMILES string of the molecule is CS(=O)(=O)c1cscc1N(C(=N)N)C(=O)c1ccccc1.Cl. The largest absolute Gasteiger partial charge is 0.369 e. The molecule has 1 aromatic heterocycles. The van der Waals surface area contributed by atoms with E-state index < -0.39 is 21.7 Å². The molecule has 1 heterocycles. The van der Waals surface area contributed by atoms with Crippen molar-refractivity contribution in [2.75, 3.05) is 11.2 Å². The number of nitrogens with one attached hydrogen (secondary N) is 1. The summed E-state index contributed by atoms with van der Waals surface area (Å²) in [5, 5.41) is 10.5. The average molecular weight is 360 g/mol. The number of guanidine groups is 1. The summed E-state index contributed by atoms with van der Waals surface area (Å²) in [6, 6.07) is 8.25. The van der Waals surface area contributed by atoms with Crippen LogP contribution in [0.3, 0.4) is 0 Å². The number of carbonyl (C=O) groups excluding carboxylic acids is 1. The van der Waals surface area contributed by atoms with Gasteiger partial charge in [0.2, 0.25) is 0 Å². The second-order valence-corrected chi connectivity index (χ2v) is 7.01. The Balaban J connectivity index is 0.00000242. The lowest BCUT2D eigenvalue weighted by Crippen LogP contribution is -2.41. The zero-order valence-electron chi connectivity index (χ0n) is 11.5. The lowest BCUT2D eigenvalue weighted by Gasteiger charge is -2.20. The summed E-state index contributed by atoms with van der Waals surface area (Å²) in [6.45, 7) is 0. The lowest BCUT2D eigenvalue weighted by atomic mass is 10.2. The fourth-order valence-electron chi connectivity index (χ4n) is 1.78. The van der Waals surface area contributed by atoms with Gasteiger partial charge in [-0.15, -0.1) is 23.7 Å². The Bertz CT molecular complexity index is 788. The molecule has 9 heteroatoms. The second-order valence-electron chi connectivity index (χ2n) is 4.29. The number of nitrogens with two attached hydrogens (primary N) is 1. The Hall–Kier alpha value is -1.90. The summed E-state index contributed by atoms with van der Waals surface area (Å²) in [7, 11) is -3.52. The molecular weight excluding hydrogens is 346 g/mol. The maximum absolute atomic E-state index is 12.5. The Labute approximate surface area is 138 Å². The van der Waals surface area contributed by atoms with Gasteiger partial charge in [-0.05, 0) is 12.1 Å². The van der Waals surface area contributed by atoms with Gasteiger partial charge in [-0.1, -0.05) is 18.2 Å². The number of hydrogen-bond donors (Lipinski definition) is 2. The van der Waals surface area contributed by atoms with Crippen LogP contribution < -0.4 is 10.6 Å². The number of hydrogen-bond acceptors (Lipinski definition) is 5. The van der Waals surface area contributed by atoms with E-state index in [0.717, 1.165) is 22.5 Å². The van der Waals surface area contributed by atoms with Crippen LogP contribution in [-0.2, 0) is 9.84 Å². The van der Waals surface area contributed by atoms with Gasteiger partial charge in [0, 0.05) is 22.6 Å². The maximum Gasteiger partial charge on any atom is 0.265 e. The summed E-state index contributed by atoms with van der Waals surface area (Å²) in [4.78, 5) is 13.3. The quantitative estimate of drug-likeness (QED) is 0.646. The molecule has 0 bridgehead atoms. The molecule has 0 saturated heterocycles. The maximum atomic E-state index is 12.5. The van der Waals surface area contributed by atoms with Crippen molar-refractivity contribution in [3.8, 4) is 0 Å². The van der Waals surface area contributed by atoms with Gasteiger partial charge in [-0.25, -0.2) is 13.3 Å². The summed E-state index contributed by atoms with van der Waals surface area (Å²) in [6.07, 6.45) is 1.05. The van der Waals surface area contributed by atoms with Crippen LogP contribution in [-0.4, -0.2) is 26.5 Å². The van der Waals surface area contributed by atoms with Gasteiger partial charge >= 0.3 is 0 Å². The number of thiophene rings is 1. The summed E-state index contributed by atoms with van der Waals surface area (Å²) >= 11 is 1.13. The minimum atomic E-state index is -3.52. The highest BCUT2D eigenvalue weighted by Gasteiger charge is 2.27. The molecule has 22 heavy (non-hydrogen) atoms. The summed E-state index contributed by atoms with van der Waals surface area (Å²) < 4.78 is 23.5. The predicted molar refractivity (Wildman–Crippen MR) is 89.8 cm³/mol. The number of amides is 1. The highest BCUT2D eigenvalue weighted by Crippen LogP contribution is 2.30. The highest BCUT2D eigenvalue weighted by atomic mass is 35.5. The van der Waals surface area contributed by atoms with Crippen LogP contribution in [0.2, 0.25) is 0 Å². The minimum absolute atomic E-state index is 0. The van der Waals surface area contributed by atoms with Gasteiger partial charge in [-0.3, -0.25) is 10.2 Å². The van der Waals surface area contributed by atoms with Crippen LogP contribution in [0.25, 0.3) is 0 Å². The molecule has 1 aromatic carbocycles. The molecule has 0 unspecified atom stereocenters. The van der Waals surface area contributed by atoms with Gasteiger partial charge in [-0.2, -0.15) is 0 Å². The van der Waals surface area contributed by atoms with Crippen LogP contribution in [0.5, 0.6) is 0 Å². The first-order valence-corrected chi connectivity index (χ1v) is 8.65. The fraction of sp³-hybridized carbons (Fsp3) is 0.0769. The average Bonchev–Trinajstić information content (AvgIpc) is 2.88. The van der Waals surface area contributed by atoms with E-state index in [2.05, 4.69) is 0 Å². The first-order valence-electron chi connectivity index (χ1n) is 5.82. The first-order chi connectivity index (χ1) is 9.82. The number of benzene rings is 1. The molecule has 2 rings (SSSR count). The monoisotopic (exact) mass is 359 g/mol.